The van der Waals surface area contributed by atoms with Crippen molar-refractivity contribution in [1.29, 1.82) is 0 Å². The van der Waals surface area contributed by atoms with E-state index < -0.39 is 0 Å². The maximum Gasteiger partial charge on any atom is 0.257 e. The summed E-state index contributed by atoms with van der Waals surface area (Å²) in [6, 6.07) is 29.0. The first-order valence-electron chi connectivity index (χ1n) is 13.0. The van der Waals surface area contributed by atoms with Crippen molar-refractivity contribution in [2.24, 2.45) is 5.41 Å². The summed E-state index contributed by atoms with van der Waals surface area (Å²) in [4.78, 5) is 28.7. The Balaban J connectivity index is 1.16. The molecule has 1 spiro atoms. The molecule has 1 unspecified atom stereocenters. The molecule has 4 aromatic rings. The molecular formula is C31H31N5O2. The third-order valence-electron chi connectivity index (χ3n) is 7.84. The molecule has 7 heteroatoms. The summed E-state index contributed by atoms with van der Waals surface area (Å²) in [6.07, 6.45) is 4.41. The number of hydrogen-bond donors (Lipinski definition) is 1. The molecule has 3 aromatic carbocycles. The van der Waals surface area contributed by atoms with Gasteiger partial charge in [0.1, 0.15) is 0 Å². The molecule has 0 bridgehead atoms. The van der Waals surface area contributed by atoms with E-state index in [1.165, 1.54) is 11.1 Å². The summed E-state index contributed by atoms with van der Waals surface area (Å²) in [7, 11) is 0. The first-order chi connectivity index (χ1) is 18.6. The van der Waals surface area contributed by atoms with E-state index in [1.807, 2.05) is 52.2 Å². The van der Waals surface area contributed by atoms with Gasteiger partial charge >= 0.3 is 0 Å². The van der Waals surface area contributed by atoms with Crippen LogP contribution in [0.25, 0.3) is 0 Å². The number of amides is 2. The largest absolute Gasteiger partial charge is 0.381 e. The topological polar surface area (TPSA) is 70.5 Å². The van der Waals surface area contributed by atoms with E-state index in [9.17, 15) is 9.59 Å². The highest BCUT2D eigenvalue weighted by Gasteiger charge is 2.55. The fourth-order valence-corrected chi connectivity index (χ4v) is 5.89. The number of carbonyl (C=O) groups excluding carboxylic acids is 2. The van der Waals surface area contributed by atoms with Gasteiger partial charge in [-0.05, 0) is 28.8 Å². The number of likely N-dealkylation sites (tertiary alicyclic amines) is 2. The molecule has 2 fully saturated rings. The van der Waals surface area contributed by atoms with Crippen LogP contribution < -0.4 is 5.32 Å². The Hall–Kier alpha value is -4.39. The summed E-state index contributed by atoms with van der Waals surface area (Å²) in [5, 5.41) is 7.92. The molecule has 2 amide bonds. The highest BCUT2D eigenvalue weighted by atomic mass is 16.2. The normalized spacial score (nSPS) is 17.8. The lowest BCUT2D eigenvalue weighted by atomic mass is 9.69. The predicted molar refractivity (Wildman–Crippen MR) is 147 cm³/mol. The molecule has 1 aromatic heterocycles. The van der Waals surface area contributed by atoms with Crippen molar-refractivity contribution in [1.82, 2.24) is 19.6 Å². The monoisotopic (exact) mass is 505 g/mol. The van der Waals surface area contributed by atoms with Crippen LogP contribution >= 0.6 is 0 Å². The van der Waals surface area contributed by atoms with E-state index in [1.54, 1.807) is 11.1 Å². The maximum atomic E-state index is 13.5. The SMILES string of the molecule is O=CN1CC2(C1)CN(C(=O)c1cnn(Cc3ccccc3)c1)CC2c1ccc(NCc2ccccc2)cc1. The highest BCUT2D eigenvalue weighted by molar-refractivity contribution is 5.94. The minimum Gasteiger partial charge on any atom is -0.381 e. The predicted octanol–water partition coefficient (Wildman–Crippen LogP) is 4.24. The van der Waals surface area contributed by atoms with E-state index in [-0.39, 0.29) is 17.2 Å². The van der Waals surface area contributed by atoms with Gasteiger partial charge in [0.25, 0.3) is 5.91 Å². The highest BCUT2D eigenvalue weighted by Crippen LogP contribution is 2.49. The number of hydrogen-bond acceptors (Lipinski definition) is 4. The summed E-state index contributed by atoms with van der Waals surface area (Å²) in [6.45, 7) is 4.01. The third-order valence-corrected chi connectivity index (χ3v) is 7.84. The number of rotatable bonds is 8. The Morgan fingerprint density at radius 3 is 2.29 bits per heavy atom. The first kappa shape index (κ1) is 24.0. The zero-order chi connectivity index (χ0) is 26.0. The van der Waals surface area contributed by atoms with Gasteiger partial charge in [0.05, 0.1) is 18.3 Å². The maximum absolute atomic E-state index is 13.5. The molecule has 6 rings (SSSR count). The lowest BCUT2D eigenvalue weighted by Gasteiger charge is -2.49. The standard InChI is InChI=1S/C31H31N5O2/c37-23-34-20-31(21-34)22-35(30(38)27-16-33-36(18-27)17-25-9-5-2-6-10-25)19-29(31)26-11-13-28(14-12-26)32-15-24-7-3-1-4-8-24/h1-14,16,18,23,29,32H,15,17,19-22H2. The number of benzene rings is 3. The zero-order valence-electron chi connectivity index (χ0n) is 21.2. The quantitative estimate of drug-likeness (QED) is 0.364. The van der Waals surface area contributed by atoms with Crippen LogP contribution in [0.15, 0.2) is 97.3 Å². The average molecular weight is 506 g/mol. The lowest BCUT2D eigenvalue weighted by molar-refractivity contribution is -0.129. The van der Waals surface area contributed by atoms with E-state index in [0.717, 1.165) is 24.2 Å². The molecule has 1 N–H and O–H groups in total. The molecule has 38 heavy (non-hydrogen) atoms. The number of anilines is 1. The van der Waals surface area contributed by atoms with Crippen molar-refractivity contribution in [2.75, 3.05) is 31.5 Å². The Kier molecular flexibility index (Phi) is 6.42. The minimum absolute atomic E-state index is 0.00288. The van der Waals surface area contributed by atoms with Gasteiger partial charge in [-0.1, -0.05) is 72.8 Å². The van der Waals surface area contributed by atoms with E-state index in [4.69, 9.17) is 0 Å². The van der Waals surface area contributed by atoms with Crippen LogP contribution in [0.1, 0.15) is 33.0 Å². The summed E-state index contributed by atoms with van der Waals surface area (Å²) in [5.41, 5.74) is 5.12. The van der Waals surface area contributed by atoms with Crippen LogP contribution in [0.3, 0.4) is 0 Å². The fraction of sp³-hybridized carbons (Fsp3) is 0.258. The van der Waals surface area contributed by atoms with Crippen molar-refractivity contribution in [3.63, 3.8) is 0 Å². The van der Waals surface area contributed by atoms with Gasteiger partial charge < -0.3 is 15.1 Å². The fourth-order valence-electron chi connectivity index (χ4n) is 5.89. The molecule has 0 radical (unpaired) electrons. The van der Waals surface area contributed by atoms with Crippen molar-refractivity contribution in [3.8, 4) is 0 Å². The second kappa shape index (κ2) is 10.2. The summed E-state index contributed by atoms with van der Waals surface area (Å²) >= 11 is 0. The molecular weight excluding hydrogens is 474 g/mol. The Morgan fingerprint density at radius 1 is 0.921 bits per heavy atom. The van der Waals surface area contributed by atoms with Crippen molar-refractivity contribution in [3.05, 3.63) is 120 Å². The smallest absolute Gasteiger partial charge is 0.257 e. The second-order valence-electron chi connectivity index (χ2n) is 10.5. The van der Waals surface area contributed by atoms with Crippen molar-refractivity contribution >= 4 is 18.0 Å². The van der Waals surface area contributed by atoms with Crippen molar-refractivity contribution < 1.29 is 9.59 Å². The summed E-state index contributed by atoms with van der Waals surface area (Å²) in [5.74, 6) is 0.169. The molecule has 2 saturated heterocycles. The van der Waals surface area contributed by atoms with E-state index >= 15 is 0 Å². The van der Waals surface area contributed by atoms with Crippen LogP contribution in [0.4, 0.5) is 5.69 Å². The Labute approximate surface area is 222 Å². The molecule has 2 aliphatic heterocycles. The second-order valence-corrected chi connectivity index (χ2v) is 10.5. The van der Waals surface area contributed by atoms with Gasteiger partial charge in [0.2, 0.25) is 6.41 Å². The van der Waals surface area contributed by atoms with Crippen LogP contribution in [-0.2, 0) is 17.9 Å². The zero-order valence-corrected chi connectivity index (χ0v) is 21.2. The van der Waals surface area contributed by atoms with Gasteiger partial charge in [-0.25, -0.2) is 0 Å². The lowest BCUT2D eigenvalue weighted by Crippen LogP contribution is -2.59. The number of nitrogens with zero attached hydrogens (tertiary/aromatic N) is 4. The molecule has 192 valence electrons. The number of aromatic nitrogens is 2. The van der Waals surface area contributed by atoms with Gasteiger partial charge in [-0.2, -0.15) is 5.10 Å². The van der Waals surface area contributed by atoms with Crippen LogP contribution in [0.5, 0.6) is 0 Å². The summed E-state index contributed by atoms with van der Waals surface area (Å²) < 4.78 is 1.81. The molecule has 1 atom stereocenters. The third kappa shape index (κ3) is 4.79. The van der Waals surface area contributed by atoms with Crippen LogP contribution in [-0.4, -0.2) is 58.1 Å². The number of nitrogens with one attached hydrogen (secondary N) is 1. The molecule has 0 aliphatic carbocycles. The van der Waals surface area contributed by atoms with Gasteiger partial charge in [0, 0.05) is 55.9 Å². The van der Waals surface area contributed by atoms with Gasteiger partial charge in [-0.3, -0.25) is 14.3 Å². The Morgan fingerprint density at radius 2 is 1.61 bits per heavy atom. The van der Waals surface area contributed by atoms with Gasteiger partial charge in [-0.15, -0.1) is 0 Å². The molecule has 0 saturated carbocycles. The molecule has 3 heterocycles. The Bertz CT molecular complexity index is 1400. The first-order valence-corrected chi connectivity index (χ1v) is 13.0. The molecule has 2 aliphatic rings. The average Bonchev–Trinajstić information content (AvgIpc) is 3.58. The van der Waals surface area contributed by atoms with Crippen molar-refractivity contribution in [2.45, 2.75) is 19.0 Å². The van der Waals surface area contributed by atoms with Crippen LogP contribution in [0.2, 0.25) is 0 Å². The van der Waals surface area contributed by atoms with Crippen LogP contribution in [0, 0.1) is 5.41 Å². The van der Waals surface area contributed by atoms with Gasteiger partial charge in [0.15, 0.2) is 0 Å². The van der Waals surface area contributed by atoms with E-state index in [0.29, 0.717) is 38.3 Å². The van der Waals surface area contributed by atoms with E-state index in [2.05, 4.69) is 58.9 Å². The molecule has 7 nitrogen and oxygen atoms in total. The minimum atomic E-state index is -0.115. The number of carbonyl (C=O) groups is 2.